The highest BCUT2D eigenvalue weighted by Crippen LogP contribution is 2.45. The normalized spacial score (nSPS) is 13.1. The molecular weight excluding hydrogens is 656 g/mol. The summed E-state index contributed by atoms with van der Waals surface area (Å²) in [5.74, 6) is -0.399. The summed E-state index contributed by atoms with van der Waals surface area (Å²) in [6.45, 7) is 3.37. The van der Waals surface area contributed by atoms with Crippen LogP contribution in [0.5, 0.6) is 11.5 Å². The largest absolute Gasteiger partial charge is 0.497 e. The molecule has 3 aromatic carbocycles. The Morgan fingerprint density at radius 3 is 2.20 bits per heavy atom. The van der Waals surface area contributed by atoms with Gasteiger partial charge in [0.1, 0.15) is 17.5 Å². The van der Waals surface area contributed by atoms with E-state index in [4.69, 9.17) is 41.7 Å². The van der Waals surface area contributed by atoms with Crippen LogP contribution in [0.3, 0.4) is 0 Å². The zero-order valence-corrected chi connectivity index (χ0v) is 28.1. The second-order valence-electron chi connectivity index (χ2n) is 10.2. The molecular formula is C32H34Cl2N3O8P. The topological polar surface area (TPSA) is 134 Å². The van der Waals surface area contributed by atoms with Gasteiger partial charge in [0, 0.05) is 33.2 Å². The van der Waals surface area contributed by atoms with Gasteiger partial charge in [0.05, 0.1) is 32.8 Å². The fourth-order valence-electron chi connectivity index (χ4n) is 4.69. The van der Waals surface area contributed by atoms with Crippen LogP contribution in [0.4, 0.5) is 0 Å². The fourth-order valence-corrected chi connectivity index (χ4v) is 6.47. The van der Waals surface area contributed by atoms with Gasteiger partial charge in [-0.1, -0.05) is 23.2 Å². The number of carbonyl (C=O) groups excluding carboxylic acids is 3. The Hall–Kier alpha value is -3.86. The minimum absolute atomic E-state index is 0.00632. The summed E-state index contributed by atoms with van der Waals surface area (Å²) in [6, 6.07) is 17.1. The third-order valence-electron chi connectivity index (χ3n) is 7.02. The number of halogens is 2. The van der Waals surface area contributed by atoms with Crippen LogP contribution in [0.15, 0.2) is 66.7 Å². The lowest BCUT2D eigenvalue weighted by molar-refractivity contribution is -0.142. The number of hydrogen-bond acceptors (Lipinski definition) is 8. The number of benzene rings is 3. The van der Waals surface area contributed by atoms with Crippen LogP contribution < -0.4 is 19.7 Å². The van der Waals surface area contributed by atoms with Gasteiger partial charge in [-0.15, -0.1) is 0 Å². The lowest BCUT2D eigenvalue weighted by atomic mass is 10.1. The van der Waals surface area contributed by atoms with Crippen molar-refractivity contribution in [3.8, 4) is 11.5 Å². The Bertz CT molecular complexity index is 1760. The Morgan fingerprint density at radius 1 is 0.935 bits per heavy atom. The van der Waals surface area contributed by atoms with Gasteiger partial charge in [0.15, 0.2) is 0 Å². The van der Waals surface area contributed by atoms with E-state index in [0.717, 1.165) is 0 Å². The summed E-state index contributed by atoms with van der Waals surface area (Å²) < 4.78 is 36.3. The van der Waals surface area contributed by atoms with E-state index in [9.17, 15) is 18.9 Å². The van der Waals surface area contributed by atoms with Gasteiger partial charge in [0.25, 0.3) is 5.91 Å². The van der Waals surface area contributed by atoms with Crippen LogP contribution in [0.1, 0.15) is 35.0 Å². The molecule has 4 aromatic rings. The molecule has 14 heteroatoms. The van der Waals surface area contributed by atoms with Crippen LogP contribution in [-0.2, 0) is 29.8 Å². The summed E-state index contributed by atoms with van der Waals surface area (Å²) >= 11 is 11.9. The van der Waals surface area contributed by atoms with Crippen molar-refractivity contribution in [2.24, 2.45) is 0 Å². The first kappa shape index (κ1) is 35.0. The van der Waals surface area contributed by atoms with Crippen molar-refractivity contribution >= 4 is 59.6 Å². The van der Waals surface area contributed by atoms with Crippen LogP contribution in [0.2, 0.25) is 10.0 Å². The highest BCUT2D eigenvalue weighted by Gasteiger charge is 2.32. The van der Waals surface area contributed by atoms with Gasteiger partial charge >= 0.3 is 13.7 Å². The van der Waals surface area contributed by atoms with E-state index in [1.54, 1.807) is 73.2 Å². The Kier molecular flexibility index (Phi) is 11.9. The van der Waals surface area contributed by atoms with Crippen molar-refractivity contribution in [3.05, 3.63) is 93.6 Å². The summed E-state index contributed by atoms with van der Waals surface area (Å²) in [6.07, 6.45) is 0.269. The smallest absolute Gasteiger partial charge is 0.459 e. The summed E-state index contributed by atoms with van der Waals surface area (Å²) in [5.41, 5.74) is 2.38. The Morgan fingerprint density at radius 2 is 1.57 bits per heavy atom. The number of aromatic nitrogens is 1. The SMILES string of the molecule is COC(=O)[C@H](C)NP(=O)(OCCCNC(=O)Cc1c(C)n(C(=O)c2ccc(Cl)cc2)c2ccc(OC)cc12)Oc1ccc(Cl)cc1. The van der Waals surface area contributed by atoms with Crippen LogP contribution >= 0.6 is 30.9 Å². The first-order valence-electron chi connectivity index (χ1n) is 14.2. The molecule has 1 amide bonds. The van der Waals surface area contributed by atoms with Crippen molar-refractivity contribution in [1.29, 1.82) is 0 Å². The number of nitrogens with one attached hydrogen (secondary N) is 2. The molecule has 11 nitrogen and oxygen atoms in total. The van der Waals surface area contributed by atoms with Gasteiger partial charge in [-0.25, -0.2) is 4.57 Å². The van der Waals surface area contributed by atoms with Gasteiger partial charge in [-0.05, 0) is 92.6 Å². The highest BCUT2D eigenvalue weighted by molar-refractivity contribution is 7.52. The molecule has 0 saturated heterocycles. The number of rotatable bonds is 14. The van der Waals surface area contributed by atoms with Crippen LogP contribution in [-0.4, -0.2) is 55.8 Å². The van der Waals surface area contributed by atoms with Gasteiger partial charge in [-0.2, -0.15) is 5.09 Å². The zero-order valence-electron chi connectivity index (χ0n) is 25.7. The molecule has 0 aliphatic heterocycles. The molecule has 0 aliphatic rings. The molecule has 0 fully saturated rings. The van der Waals surface area contributed by atoms with E-state index < -0.39 is 19.8 Å². The van der Waals surface area contributed by atoms with E-state index in [1.165, 1.54) is 26.2 Å². The van der Waals surface area contributed by atoms with E-state index in [1.807, 2.05) is 0 Å². The number of hydrogen-bond donors (Lipinski definition) is 2. The molecule has 4 rings (SSSR count). The first-order chi connectivity index (χ1) is 21.9. The number of methoxy groups -OCH3 is 2. The fraction of sp³-hybridized carbons (Fsp3) is 0.281. The number of esters is 1. The maximum Gasteiger partial charge on any atom is 0.459 e. The van der Waals surface area contributed by atoms with Crippen LogP contribution in [0.25, 0.3) is 10.9 Å². The summed E-state index contributed by atoms with van der Waals surface area (Å²) in [5, 5.41) is 7.09. The number of ether oxygens (including phenoxy) is 2. The van der Waals surface area contributed by atoms with Crippen molar-refractivity contribution in [2.75, 3.05) is 27.4 Å². The monoisotopic (exact) mass is 689 g/mol. The van der Waals surface area contributed by atoms with Crippen molar-refractivity contribution in [3.63, 3.8) is 0 Å². The lowest BCUT2D eigenvalue weighted by Crippen LogP contribution is -2.34. The molecule has 0 spiro atoms. The molecule has 2 N–H and O–H groups in total. The van der Waals surface area contributed by atoms with E-state index >= 15 is 0 Å². The average molecular weight is 691 g/mol. The Balaban J connectivity index is 1.42. The van der Waals surface area contributed by atoms with Gasteiger partial charge in [-0.3, -0.25) is 23.5 Å². The second-order valence-corrected chi connectivity index (χ2v) is 12.8. The third kappa shape index (κ3) is 8.69. The van der Waals surface area contributed by atoms with Crippen LogP contribution in [0, 0.1) is 6.92 Å². The maximum atomic E-state index is 13.5. The lowest BCUT2D eigenvalue weighted by Gasteiger charge is -2.22. The standard InChI is InChI=1S/C32H34Cl2N3O8P/c1-20(32(40)43-4)36-46(41,45-25-12-10-24(34)11-13-25)44-17-5-16-35-30(38)19-27-21(2)37(29-15-14-26(42-3)18-28(27)29)31(39)22-6-8-23(33)9-7-22/h6-15,18,20H,5,16-17,19H2,1-4H3,(H,35,38)(H,36,41)/t20-,46?/m0/s1. The first-order valence-corrected chi connectivity index (χ1v) is 16.5. The second kappa shape index (κ2) is 15.6. The van der Waals surface area contributed by atoms with Gasteiger partial charge in [0.2, 0.25) is 5.91 Å². The average Bonchev–Trinajstić information content (AvgIpc) is 3.31. The Labute approximate surface area is 276 Å². The predicted octanol–water partition coefficient (Wildman–Crippen LogP) is 6.36. The molecule has 0 bridgehead atoms. The number of carbonyl (C=O) groups is 3. The summed E-state index contributed by atoms with van der Waals surface area (Å²) in [7, 11) is -1.28. The van der Waals surface area contributed by atoms with E-state index in [-0.39, 0.29) is 43.6 Å². The number of amides is 1. The maximum absolute atomic E-state index is 13.5. The predicted molar refractivity (Wildman–Crippen MR) is 176 cm³/mol. The minimum atomic E-state index is -4.04. The molecule has 2 atom stereocenters. The zero-order chi connectivity index (χ0) is 33.4. The van der Waals surface area contributed by atoms with Crippen molar-refractivity contribution in [1.82, 2.24) is 15.0 Å². The van der Waals surface area contributed by atoms with E-state index in [0.29, 0.717) is 43.5 Å². The molecule has 0 saturated carbocycles. The molecule has 1 heterocycles. The van der Waals surface area contributed by atoms with Crippen molar-refractivity contribution < 1.29 is 37.5 Å². The quantitative estimate of drug-likeness (QED) is 0.0881. The molecule has 1 unspecified atom stereocenters. The van der Waals surface area contributed by atoms with E-state index in [2.05, 4.69) is 10.4 Å². The van der Waals surface area contributed by atoms with Gasteiger partial charge < -0.3 is 19.3 Å². The minimum Gasteiger partial charge on any atom is -0.497 e. The molecule has 0 radical (unpaired) electrons. The number of nitrogens with zero attached hydrogens (tertiary/aromatic N) is 1. The summed E-state index contributed by atoms with van der Waals surface area (Å²) in [4.78, 5) is 38.6. The third-order valence-corrected chi connectivity index (χ3v) is 9.20. The molecule has 1 aromatic heterocycles. The number of fused-ring (bicyclic) bond motifs is 1. The van der Waals surface area contributed by atoms with Crippen molar-refractivity contribution in [2.45, 2.75) is 32.7 Å². The highest BCUT2D eigenvalue weighted by atomic mass is 35.5. The molecule has 46 heavy (non-hydrogen) atoms. The molecule has 244 valence electrons. The molecule has 0 aliphatic carbocycles.